The molecule has 3 amide bonds. The van der Waals surface area contributed by atoms with Crippen molar-refractivity contribution in [3.63, 3.8) is 0 Å². The van der Waals surface area contributed by atoms with E-state index in [-0.39, 0.29) is 17.2 Å². The van der Waals surface area contributed by atoms with Crippen molar-refractivity contribution in [3.05, 3.63) is 29.8 Å². The predicted octanol–water partition coefficient (Wildman–Crippen LogP) is 3.15. The molecule has 7 heteroatoms. The number of hydrogen-bond acceptors (Lipinski definition) is 5. The van der Waals surface area contributed by atoms with E-state index < -0.39 is 18.5 Å². The maximum absolute atomic E-state index is 13.1. The van der Waals surface area contributed by atoms with Crippen LogP contribution in [0.4, 0.5) is 5.69 Å². The van der Waals surface area contributed by atoms with Gasteiger partial charge < -0.3 is 10.1 Å². The smallest absolute Gasteiger partial charge is 0.338 e. The van der Waals surface area contributed by atoms with Crippen molar-refractivity contribution in [2.24, 2.45) is 23.2 Å². The third kappa shape index (κ3) is 3.86. The van der Waals surface area contributed by atoms with Gasteiger partial charge in [0.05, 0.1) is 11.0 Å². The number of carbonyl (C=O) groups excluding carboxylic acids is 4. The highest BCUT2D eigenvalue weighted by Crippen LogP contribution is 2.60. The fourth-order valence-electron chi connectivity index (χ4n) is 6.54. The molecule has 1 heterocycles. The van der Waals surface area contributed by atoms with Gasteiger partial charge in [-0.25, -0.2) is 4.79 Å². The highest BCUT2D eigenvalue weighted by atomic mass is 16.5. The summed E-state index contributed by atoms with van der Waals surface area (Å²) in [4.78, 5) is 50.1. The Morgan fingerprint density at radius 3 is 2.16 bits per heavy atom. The number of likely N-dealkylation sites (tertiary alicyclic amines) is 1. The summed E-state index contributed by atoms with van der Waals surface area (Å²) in [5.41, 5.74) is 0.740. The summed E-state index contributed by atoms with van der Waals surface area (Å²) in [5.74, 6) is 0.880. The second kappa shape index (κ2) is 7.77. The second-order valence-electron chi connectivity index (χ2n) is 9.85. The van der Waals surface area contributed by atoms with Crippen LogP contribution in [0, 0.1) is 23.2 Å². The molecule has 0 atom stereocenters. The zero-order valence-corrected chi connectivity index (χ0v) is 17.6. The molecule has 0 spiro atoms. The quantitative estimate of drug-likeness (QED) is 0.733. The molecule has 6 rings (SSSR count). The van der Waals surface area contributed by atoms with Gasteiger partial charge in [0.1, 0.15) is 0 Å². The molecule has 4 aliphatic carbocycles. The van der Waals surface area contributed by atoms with Gasteiger partial charge in [0.2, 0.25) is 11.8 Å². The molecule has 0 unspecified atom stereocenters. The number of amides is 3. The molecule has 0 radical (unpaired) electrons. The van der Waals surface area contributed by atoms with Crippen LogP contribution in [-0.4, -0.2) is 41.7 Å². The van der Waals surface area contributed by atoms with Crippen LogP contribution in [0.25, 0.3) is 0 Å². The second-order valence-corrected chi connectivity index (χ2v) is 9.85. The van der Waals surface area contributed by atoms with Crippen molar-refractivity contribution in [2.75, 3.05) is 18.5 Å². The van der Waals surface area contributed by atoms with E-state index in [1.54, 1.807) is 24.3 Å². The molecule has 5 aliphatic rings. The van der Waals surface area contributed by atoms with Crippen molar-refractivity contribution in [2.45, 2.75) is 51.4 Å². The first-order valence-electron chi connectivity index (χ1n) is 11.3. The fraction of sp³-hybridized carbons (Fsp3) is 0.583. The van der Waals surface area contributed by atoms with Crippen molar-refractivity contribution in [3.8, 4) is 0 Å². The summed E-state index contributed by atoms with van der Waals surface area (Å²) in [5, 5.41) is 3.07. The van der Waals surface area contributed by atoms with Crippen LogP contribution in [0.5, 0.6) is 0 Å². The van der Waals surface area contributed by atoms with E-state index in [0.29, 0.717) is 48.4 Å². The molecule has 0 aromatic heterocycles. The topological polar surface area (TPSA) is 92.8 Å². The van der Waals surface area contributed by atoms with Crippen LogP contribution in [0.3, 0.4) is 0 Å². The lowest BCUT2D eigenvalue weighted by Crippen LogP contribution is -2.51. The van der Waals surface area contributed by atoms with Crippen molar-refractivity contribution in [1.29, 1.82) is 0 Å². The fourth-order valence-corrected chi connectivity index (χ4v) is 6.54. The number of esters is 1. The minimum absolute atomic E-state index is 0.114. The summed E-state index contributed by atoms with van der Waals surface area (Å²) in [6, 6.07) is 6.56. The van der Waals surface area contributed by atoms with Gasteiger partial charge in [-0.1, -0.05) is 0 Å². The monoisotopic (exact) mass is 424 g/mol. The molecule has 4 bridgehead atoms. The molecule has 1 saturated heterocycles. The van der Waals surface area contributed by atoms with Gasteiger partial charge in [-0.2, -0.15) is 0 Å². The first-order chi connectivity index (χ1) is 14.9. The van der Waals surface area contributed by atoms with Crippen LogP contribution in [0.1, 0.15) is 61.7 Å². The summed E-state index contributed by atoms with van der Waals surface area (Å²) in [7, 11) is 0. The molecule has 1 aliphatic heterocycles. The standard InChI is InChI=1S/C24H28N2O5/c27-20-2-1-7-26(20)21(28)14-31-22(29)18-3-5-19(6-4-18)25-23(30)24-11-15-8-16(12-24)10-17(9-15)13-24/h3-6,15-17H,1-2,7-14H2,(H,25,30). The normalized spacial score (nSPS) is 31.0. The largest absolute Gasteiger partial charge is 0.452 e. The Morgan fingerprint density at radius 1 is 1.00 bits per heavy atom. The van der Waals surface area contributed by atoms with E-state index in [9.17, 15) is 19.2 Å². The van der Waals surface area contributed by atoms with Crippen molar-refractivity contribution in [1.82, 2.24) is 4.90 Å². The van der Waals surface area contributed by atoms with E-state index in [4.69, 9.17) is 4.74 Å². The zero-order chi connectivity index (χ0) is 21.6. The van der Waals surface area contributed by atoms with Gasteiger partial charge >= 0.3 is 5.97 Å². The maximum atomic E-state index is 13.1. The number of hydrogen-bond donors (Lipinski definition) is 1. The van der Waals surface area contributed by atoms with Gasteiger partial charge in [0, 0.05) is 18.7 Å². The first kappa shape index (κ1) is 20.2. The molecule has 1 N–H and O–H groups in total. The van der Waals surface area contributed by atoms with Crippen LogP contribution in [0.2, 0.25) is 0 Å². The van der Waals surface area contributed by atoms with Gasteiger partial charge in [0.15, 0.2) is 6.61 Å². The van der Waals surface area contributed by atoms with Crippen LogP contribution in [0.15, 0.2) is 24.3 Å². The molecule has 1 aromatic rings. The van der Waals surface area contributed by atoms with E-state index in [1.165, 1.54) is 19.3 Å². The average Bonchev–Trinajstić information content (AvgIpc) is 3.17. The van der Waals surface area contributed by atoms with Crippen LogP contribution in [-0.2, 0) is 19.1 Å². The van der Waals surface area contributed by atoms with Crippen molar-refractivity contribution >= 4 is 29.4 Å². The number of benzene rings is 1. The highest BCUT2D eigenvalue weighted by Gasteiger charge is 2.54. The third-order valence-electron chi connectivity index (χ3n) is 7.60. The van der Waals surface area contributed by atoms with E-state index in [2.05, 4.69) is 5.32 Å². The number of ether oxygens (including phenoxy) is 1. The maximum Gasteiger partial charge on any atom is 0.338 e. The number of nitrogens with zero attached hydrogens (tertiary/aromatic N) is 1. The highest BCUT2D eigenvalue weighted by molar-refractivity contribution is 5.99. The molecule has 164 valence electrons. The SMILES string of the molecule is O=C(OCC(=O)N1CCCC1=O)c1ccc(NC(=O)C23CC4CC(CC(C4)C2)C3)cc1. The Hall–Kier alpha value is -2.70. The molecular weight excluding hydrogens is 396 g/mol. The van der Waals surface area contributed by atoms with E-state index >= 15 is 0 Å². The number of rotatable bonds is 5. The molecule has 4 saturated carbocycles. The predicted molar refractivity (Wildman–Crippen MR) is 112 cm³/mol. The number of carbonyl (C=O) groups is 4. The minimum Gasteiger partial charge on any atom is -0.452 e. The first-order valence-corrected chi connectivity index (χ1v) is 11.3. The lowest BCUT2D eigenvalue weighted by molar-refractivity contribution is -0.144. The Bertz CT molecular complexity index is 887. The van der Waals surface area contributed by atoms with Crippen LogP contribution >= 0.6 is 0 Å². The average molecular weight is 424 g/mol. The molecule has 31 heavy (non-hydrogen) atoms. The third-order valence-corrected chi connectivity index (χ3v) is 7.60. The van der Waals surface area contributed by atoms with Crippen molar-refractivity contribution < 1.29 is 23.9 Å². The molecule has 1 aromatic carbocycles. The lowest BCUT2D eigenvalue weighted by atomic mass is 9.49. The van der Waals surface area contributed by atoms with E-state index in [0.717, 1.165) is 24.2 Å². The molecule has 5 fully saturated rings. The van der Waals surface area contributed by atoms with Gasteiger partial charge in [-0.3, -0.25) is 19.3 Å². The summed E-state index contributed by atoms with van der Waals surface area (Å²) in [6.45, 7) is -0.0670. The van der Waals surface area contributed by atoms with E-state index in [1.807, 2.05) is 0 Å². The Labute approximate surface area is 181 Å². The summed E-state index contributed by atoms with van der Waals surface area (Å²) < 4.78 is 5.07. The number of imide groups is 1. The molecular formula is C24H28N2O5. The van der Waals surface area contributed by atoms with Gasteiger partial charge in [-0.05, 0) is 87.0 Å². The minimum atomic E-state index is -0.626. The summed E-state index contributed by atoms with van der Waals surface area (Å²) in [6.07, 6.45) is 7.88. The van der Waals surface area contributed by atoms with Gasteiger partial charge in [0.25, 0.3) is 5.91 Å². The van der Waals surface area contributed by atoms with Gasteiger partial charge in [-0.15, -0.1) is 0 Å². The van der Waals surface area contributed by atoms with Crippen LogP contribution < -0.4 is 5.32 Å². The Kier molecular flexibility index (Phi) is 5.07. The summed E-state index contributed by atoms with van der Waals surface area (Å²) >= 11 is 0. The number of anilines is 1. The lowest BCUT2D eigenvalue weighted by Gasteiger charge is -2.55. The number of nitrogens with one attached hydrogen (secondary N) is 1. The Balaban J connectivity index is 1.16. The Morgan fingerprint density at radius 2 is 1.61 bits per heavy atom. The molecule has 7 nitrogen and oxygen atoms in total. The zero-order valence-electron chi connectivity index (χ0n) is 17.6.